The fourth-order valence-corrected chi connectivity index (χ4v) is 1.97. The Balaban J connectivity index is 1.95. The maximum Gasteiger partial charge on any atom is 0.237 e. The summed E-state index contributed by atoms with van der Waals surface area (Å²) in [5.41, 5.74) is 2.32. The first-order valence-electron chi connectivity index (χ1n) is 6.55. The zero-order chi connectivity index (χ0) is 14.5. The van der Waals surface area contributed by atoms with E-state index in [4.69, 9.17) is 4.42 Å². The number of hydrogen-bond donors (Lipinski definition) is 0. The fraction of sp³-hybridized carbons (Fsp3) is 0. The van der Waals surface area contributed by atoms with Gasteiger partial charge in [-0.3, -0.25) is 0 Å². The summed E-state index contributed by atoms with van der Waals surface area (Å²) in [6.07, 6.45) is 1.69. The van der Waals surface area contributed by atoms with Crippen molar-refractivity contribution in [2.75, 3.05) is 0 Å². The van der Waals surface area contributed by atoms with Gasteiger partial charge in [0.25, 0.3) is 0 Å². The van der Waals surface area contributed by atoms with Gasteiger partial charge in [0, 0.05) is 17.8 Å². The molecule has 100 valence electrons. The highest BCUT2D eigenvalue weighted by molar-refractivity contribution is 5.82. The monoisotopic (exact) mass is 272 g/mol. The van der Waals surface area contributed by atoms with E-state index in [0.717, 1.165) is 11.1 Å². The van der Waals surface area contributed by atoms with E-state index in [1.54, 1.807) is 12.3 Å². The third-order valence-corrected chi connectivity index (χ3v) is 3.02. The van der Waals surface area contributed by atoms with Crippen LogP contribution in [0.2, 0.25) is 0 Å². The molecule has 1 aromatic heterocycles. The zero-order valence-corrected chi connectivity index (χ0v) is 11.2. The molecule has 0 N–H and O–H groups in total. The van der Waals surface area contributed by atoms with Gasteiger partial charge in [-0.2, -0.15) is 5.26 Å². The number of aliphatic imine (C=N–C) groups is 1. The van der Waals surface area contributed by atoms with Crippen LogP contribution in [0, 0.1) is 11.3 Å². The molecule has 0 aliphatic heterocycles. The average molecular weight is 272 g/mol. The molecule has 3 heteroatoms. The quantitative estimate of drug-likeness (QED) is 0.656. The van der Waals surface area contributed by atoms with Crippen LogP contribution in [0.5, 0.6) is 0 Å². The molecule has 3 nitrogen and oxygen atoms in total. The molecule has 0 saturated carbocycles. The predicted octanol–water partition coefficient (Wildman–Crippen LogP) is 4.57. The van der Waals surface area contributed by atoms with Crippen molar-refractivity contribution in [1.29, 1.82) is 5.26 Å². The Morgan fingerprint density at radius 1 is 0.952 bits per heavy atom. The summed E-state index contributed by atoms with van der Waals surface area (Å²) < 4.78 is 5.69. The molecule has 0 atom stereocenters. The summed E-state index contributed by atoms with van der Waals surface area (Å²) in [5.74, 6) is 0.979. The highest BCUT2D eigenvalue weighted by atomic mass is 16.4. The second kappa shape index (κ2) is 5.89. The van der Waals surface area contributed by atoms with Crippen LogP contribution in [0.3, 0.4) is 0 Å². The van der Waals surface area contributed by atoms with Gasteiger partial charge in [0.15, 0.2) is 0 Å². The van der Waals surface area contributed by atoms with Crippen LogP contribution in [0.4, 0.5) is 5.88 Å². The number of rotatable bonds is 3. The van der Waals surface area contributed by atoms with Crippen molar-refractivity contribution in [2.45, 2.75) is 0 Å². The molecule has 0 amide bonds. The van der Waals surface area contributed by atoms with Crippen molar-refractivity contribution in [1.82, 2.24) is 0 Å². The molecular weight excluding hydrogens is 260 g/mol. The van der Waals surface area contributed by atoms with Crippen molar-refractivity contribution >= 4 is 12.1 Å². The molecule has 0 radical (unpaired) electrons. The summed E-state index contributed by atoms with van der Waals surface area (Å²) in [5, 5.41) is 9.19. The first kappa shape index (κ1) is 12.9. The number of nitriles is 1. The van der Waals surface area contributed by atoms with Crippen LogP contribution < -0.4 is 0 Å². The second-order valence-electron chi connectivity index (χ2n) is 4.48. The first-order chi connectivity index (χ1) is 10.4. The van der Waals surface area contributed by atoms with E-state index in [-0.39, 0.29) is 0 Å². The molecule has 3 aromatic rings. The molecule has 2 aromatic carbocycles. The summed E-state index contributed by atoms with van der Waals surface area (Å²) in [6.45, 7) is 0. The maximum atomic E-state index is 9.19. The summed E-state index contributed by atoms with van der Waals surface area (Å²) in [6, 6.07) is 23.2. The Kier molecular flexibility index (Phi) is 3.62. The van der Waals surface area contributed by atoms with Crippen LogP contribution in [0.1, 0.15) is 11.1 Å². The number of hydrogen-bond acceptors (Lipinski definition) is 3. The summed E-state index contributed by atoms with van der Waals surface area (Å²) in [4.78, 5) is 4.28. The van der Waals surface area contributed by atoms with Gasteiger partial charge >= 0.3 is 0 Å². The van der Waals surface area contributed by atoms with E-state index in [0.29, 0.717) is 17.2 Å². The molecule has 21 heavy (non-hydrogen) atoms. The number of nitrogens with zero attached hydrogens (tertiary/aromatic N) is 2. The Morgan fingerprint density at radius 3 is 2.29 bits per heavy atom. The smallest absolute Gasteiger partial charge is 0.237 e. The lowest BCUT2D eigenvalue weighted by Gasteiger charge is -1.94. The lowest BCUT2D eigenvalue weighted by Crippen LogP contribution is -1.77. The molecule has 0 fully saturated rings. The Morgan fingerprint density at radius 2 is 1.62 bits per heavy atom. The van der Waals surface area contributed by atoms with Gasteiger partial charge in [-0.15, -0.1) is 0 Å². The van der Waals surface area contributed by atoms with Gasteiger partial charge in [0.05, 0.1) is 0 Å². The topological polar surface area (TPSA) is 49.3 Å². The van der Waals surface area contributed by atoms with E-state index in [1.807, 2.05) is 60.7 Å². The van der Waals surface area contributed by atoms with Crippen LogP contribution in [-0.4, -0.2) is 6.21 Å². The molecule has 0 spiro atoms. The van der Waals surface area contributed by atoms with Crippen molar-refractivity contribution in [3.8, 4) is 17.4 Å². The van der Waals surface area contributed by atoms with Crippen molar-refractivity contribution < 1.29 is 4.42 Å². The summed E-state index contributed by atoms with van der Waals surface area (Å²) >= 11 is 0. The van der Waals surface area contributed by atoms with Crippen molar-refractivity contribution in [2.24, 2.45) is 4.99 Å². The van der Waals surface area contributed by atoms with E-state index in [1.165, 1.54) is 0 Å². The van der Waals surface area contributed by atoms with Crippen LogP contribution in [-0.2, 0) is 0 Å². The maximum absolute atomic E-state index is 9.19. The van der Waals surface area contributed by atoms with E-state index in [9.17, 15) is 5.26 Å². The molecule has 0 aliphatic carbocycles. The molecule has 0 saturated heterocycles. The zero-order valence-electron chi connectivity index (χ0n) is 11.2. The van der Waals surface area contributed by atoms with E-state index in [2.05, 4.69) is 11.1 Å². The van der Waals surface area contributed by atoms with Gasteiger partial charge < -0.3 is 4.42 Å². The minimum absolute atomic E-state index is 0.334. The van der Waals surface area contributed by atoms with Crippen LogP contribution in [0.15, 0.2) is 76.1 Å². The average Bonchev–Trinajstić information content (AvgIpc) is 2.98. The third kappa shape index (κ3) is 2.90. The van der Waals surface area contributed by atoms with Crippen LogP contribution in [0.25, 0.3) is 11.3 Å². The standard InChI is InChI=1S/C18H12N2O/c19-12-16-11-17(15-9-5-2-6-10-15)21-18(16)20-13-14-7-3-1-4-8-14/h1-11,13H/b20-13+. The van der Waals surface area contributed by atoms with Gasteiger partial charge in [-0.1, -0.05) is 60.7 Å². The Labute approximate surface area is 122 Å². The van der Waals surface area contributed by atoms with Crippen molar-refractivity contribution in [3.63, 3.8) is 0 Å². The predicted molar refractivity (Wildman–Crippen MR) is 82.6 cm³/mol. The lowest BCUT2D eigenvalue weighted by molar-refractivity contribution is 0.592. The number of furan rings is 1. The van der Waals surface area contributed by atoms with Gasteiger partial charge in [0.1, 0.15) is 17.4 Å². The highest BCUT2D eigenvalue weighted by Crippen LogP contribution is 2.30. The molecule has 0 unspecified atom stereocenters. The fourth-order valence-electron chi connectivity index (χ4n) is 1.97. The normalized spacial score (nSPS) is 10.6. The second-order valence-corrected chi connectivity index (χ2v) is 4.48. The largest absolute Gasteiger partial charge is 0.437 e. The lowest BCUT2D eigenvalue weighted by atomic mass is 10.1. The van der Waals surface area contributed by atoms with Crippen molar-refractivity contribution in [3.05, 3.63) is 77.9 Å². The minimum atomic E-state index is 0.334. The van der Waals surface area contributed by atoms with Gasteiger partial charge in [-0.05, 0) is 5.56 Å². The Bertz CT molecular complexity index is 796. The molecule has 0 bridgehead atoms. The van der Waals surface area contributed by atoms with E-state index < -0.39 is 0 Å². The van der Waals surface area contributed by atoms with E-state index >= 15 is 0 Å². The minimum Gasteiger partial charge on any atom is -0.437 e. The van der Waals surface area contributed by atoms with Crippen LogP contribution >= 0.6 is 0 Å². The third-order valence-electron chi connectivity index (χ3n) is 3.02. The SMILES string of the molecule is N#Cc1cc(-c2ccccc2)oc1/N=C/c1ccccc1. The Hall–Kier alpha value is -3.12. The summed E-state index contributed by atoms with van der Waals surface area (Å²) in [7, 11) is 0. The van der Waals surface area contributed by atoms with Gasteiger partial charge in [-0.25, -0.2) is 4.99 Å². The first-order valence-corrected chi connectivity index (χ1v) is 6.55. The molecule has 1 heterocycles. The molecule has 0 aliphatic rings. The molecular formula is C18H12N2O. The highest BCUT2D eigenvalue weighted by Gasteiger charge is 2.10. The van der Waals surface area contributed by atoms with Gasteiger partial charge in [0.2, 0.25) is 5.88 Å². The number of benzene rings is 2. The molecule has 3 rings (SSSR count).